The highest BCUT2D eigenvalue weighted by Crippen LogP contribution is 2.32. The van der Waals surface area contributed by atoms with Gasteiger partial charge in [0, 0.05) is 0 Å². The van der Waals surface area contributed by atoms with Crippen LogP contribution in [0.4, 0.5) is 0 Å². The van der Waals surface area contributed by atoms with Crippen molar-refractivity contribution in [1.82, 2.24) is 0 Å². The summed E-state index contributed by atoms with van der Waals surface area (Å²) in [7, 11) is 0. The van der Waals surface area contributed by atoms with Gasteiger partial charge in [-0.3, -0.25) is 9.59 Å². The number of esters is 2. The lowest BCUT2D eigenvalue weighted by molar-refractivity contribution is -0.145. The standard InChI is InChI=1S/C38H40O8/c39-37(45-35-19-15-33(16-20-35)43-25-23-41-27-29-7-3-1-4-8-29)31-11-13-32(14-12-31)38(40)46-36-21-17-34(18-22-36)44-26-24-42-28-30-9-5-2-6-10-30/h1-10,15-22,31-32H,11-14,23-28H2. The van der Waals surface area contributed by atoms with Crippen molar-refractivity contribution in [3.05, 3.63) is 120 Å². The number of benzene rings is 4. The van der Waals surface area contributed by atoms with Crippen molar-refractivity contribution >= 4 is 11.9 Å². The predicted octanol–water partition coefficient (Wildman–Crippen LogP) is 7.20. The van der Waals surface area contributed by atoms with E-state index in [4.69, 9.17) is 28.4 Å². The van der Waals surface area contributed by atoms with E-state index in [1.165, 1.54) is 0 Å². The molecule has 0 N–H and O–H groups in total. The zero-order valence-electron chi connectivity index (χ0n) is 25.9. The van der Waals surface area contributed by atoms with Gasteiger partial charge in [-0.05, 0) is 85.3 Å². The normalized spacial score (nSPS) is 15.9. The first-order chi connectivity index (χ1) is 22.6. The molecule has 0 radical (unpaired) electrons. The van der Waals surface area contributed by atoms with Gasteiger partial charge in [0.25, 0.3) is 0 Å². The van der Waals surface area contributed by atoms with Crippen LogP contribution in [-0.2, 0) is 32.3 Å². The molecule has 0 aromatic heterocycles. The summed E-state index contributed by atoms with van der Waals surface area (Å²) >= 11 is 0. The van der Waals surface area contributed by atoms with Crippen LogP contribution in [0.3, 0.4) is 0 Å². The molecule has 0 spiro atoms. The van der Waals surface area contributed by atoms with E-state index in [0.29, 0.717) is 88.3 Å². The highest BCUT2D eigenvalue weighted by atomic mass is 16.5. The van der Waals surface area contributed by atoms with Crippen molar-refractivity contribution in [2.24, 2.45) is 11.8 Å². The molecule has 0 saturated heterocycles. The number of ether oxygens (including phenoxy) is 6. The monoisotopic (exact) mass is 624 g/mol. The lowest BCUT2D eigenvalue weighted by Gasteiger charge is -2.25. The van der Waals surface area contributed by atoms with Crippen LogP contribution >= 0.6 is 0 Å². The van der Waals surface area contributed by atoms with E-state index in [9.17, 15) is 9.59 Å². The van der Waals surface area contributed by atoms with Crippen molar-refractivity contribution < 1.29 is 38.0 Å². The number of carbonyl (C=O) groups excluding carboxylic acids is 2. The number of rotatable bonds is 16. The van der Waals surface area contributed by atoms with Gasteiger partial charge in [0.1, 0.15) is 36.2 Å². The minimum atomic E-state index is -0.282. The van der Waals surface area contributed by atoms with Crippen molar-refractivity contribution in [3.8, 4) is 23.0 Å². The van der Waals surface area contributed by atoms with Crippen LogP contribution in [-0.4, -0.2) is 38.4 Å². The molecule has 46 heavy (non-hydrogen) atoms. The average molecular weight is 625 g/mol. The molecule has 4 aromatic rings. The van der Waals surface area contributed by atoms with E-state index in [0.717, 1.165) is 11.1 Å². The second kappa shape index (κ2) is 17.7. The fourth-order valence-electron chi connectivity index (χ4n) is 5.14. The van der Waals surface area contributed by atoms with Gasteiger partial charge in [-0.25, -0.2) is 0 Å². The second-order valence-corrected chi connectivity index (χ2v) is 11.1. The highest BCUT2D eigenvalue weighted by Gasteiger charge is 2.32. The lowest BCUT2D eigenvalue weighted by Crippen LogP contribution is -2.30. The summed E-state index contributed by atoms with van der Waals surface area (Å²) in [6.07, 6.45) is 2.29. The molecule has 8 nitrogen and oxygen atoms in total. The van der Waals surface area contributed by atoms with E-state index in [1.54, 1.807) is 48.5 Å². The second-order valence-electron chi connectivity index (χ2n) is 11.1. The molecule has 1 aliphatic carbocycles. The predicted molar refractivity (Wildman–Crippen MR) is 173 cm³/mol. The Bertz CT molecular complexity index is 1350. The van der Waals surface area contributed by atoms with Crippen LogP contribution in [0, 0.1) is 11.8 Å². The van der Waals surface area contributed by atoms with Gasteiger partial charge in [0.15, 0.2) is 0 Å². The van der Waals surface area contributed by atoms with E-state index in [-0.39, 0.29) is 23.8 Å². The number of hydrogen-bond donors (Lipinski definition) is 0. The summed E-state index contributed by atoms with van der Waals surface area (Å²) in [6, 6.07) is 33.9. The molecule has 5 rings (SSSR count). The van der Waals surface area contributed by atoms with Crippen molar-refractivity contribution in [2.45, 2.75) is 38.9 Å². The smallest absolute Gasteiger partial charge is 0.314 e. The summed E-state index contributed by atoms with van der Waals surface area (Å²) in [4.78, 5) is 25.6. The third-order valence-electron chi connectivity index (χ3n) is 7.69. The SMILES string of the molecule is O=C(Oc1ccc(OCCOCc2ccccc2)cc1)C1CCC(C(=O)Oc2ccc(OCCOCc3ccccc3)cc2)CC1. The maximum Gasteiger partial charge on any atom is 0.314 e. The molecule has 0 unspecified atom stereocenters. The molecule has 1 aliphatic rings. The Labute approximate surface area is 270 Å². The van der Waals surface area contributed by atoms with Gasteiger partial charge in [0.2, 0.25) is 0 Å². The Balaban J connectivity index is 0.943. The Morgan fingerprint density at radius 3 is 1.17 bits per heavy atom. The molecule has 240 valence electrons. The molecule has 0 heterocycles. The first-order valence-electron chi connectivity index (χ1n) is 15.7. The number of hydrogen-bond acceptors (Lipinski definition) is 8. The maximum absolute atomic E-state index is 12.8. The van der Waals surface area contributed by atoms with Gasteiger partial charge in [0.05, 0.1) is 38.3 Å². The van der Waals surface area contributed by atoms with E-state index >= 15 is 0 Å². The van der Waals surface area contributed by atoms with Gasteiger partial charge < -0.3 is 28.4 Å². The molecule has 0 bridgehead atoms. The van der Waals surface area contributed by atoms with Crippen LogP contribution in [0.2, 0.25) is 0 Å². The fourth-order valence-corrected chi connectivity index (χ4v) is 5.14. The summed E-state index contributed by atoms with van der Waals surface area (Å²) in [5, 5.41) is 0. The summed E-state index contributed by atoms with van der Waals surface area (Å²) in [6.45, 7) is 2.86. The van der Waals surface area contributed by atoms with Gasteiger partial charge >= 0.3 is 11.9 Å². The largest absolute Gasteiger partial charge is 0.491 e. The molecule has 0 aliphatic heterocycles. The minimum Gasteiger partial charge on any atom is -0.491 e. The molecule has 8 heteroatoms. The minimum absolute atomic E-state index is 0.255. The molecule has 0 atom stereocenters. The average Bonchev–Trinajstić information content (AvgIpc) is 3.10. The first kappa shape index (κ1) is 32.7. The van der Waals surface area contributed by atoms with E-state index in [1.807, 2.05) is 60.7 Å². The van der Waals surface area contributed by atoms with Crippen molar-refractivity contribution in [3.63, 3.8) is 0 Å². The molecular weight excluding hydrogens is 584 g/mol. The van der Waals surface area contributed by atoms with Gasteiger partial charge in [-0.2, -0.15) is 0 Å². The topological polar surface area (TPSA) is 89.5 Å². The first-order valence-corrected chi connectivity index (χ1v) is 15.7. The molecular formula is C38H40O8. The molecule has 0 amide bonds. The summed E-state index contributed by atoms with van der Waals surface area (Å²) in [5.41, 5.74) is 2.24. The Morgan fingerprint density at radius 2 is 0.804 bits per heavy atom. The third kappa shape index (κ3) is 10.8. The fraction of sp³-hybridized carbons (Fsp3) is 0.316. The van der Waals surface area contributed by atoms with Crippen LogP contribution in [0.5, 0.6) is 23.0 Å². The van der Waals surface area contributed by atoms with E-state index < -0.39 is 0 Å². The molecule has 4 aromatic carbocycles. The highest BCUT2D eigenvalue weighted by molar-refractivity contribution is 5.77. The number of carbonyl (C=O) groups is 2. The molecule has 1 saturated carbocycles. The maximum atomic E-state index is 12.8. The Hall–Kier alpha value is -4.66. The van der Waals surface area contributed by atoms with Gasteiger partial charge in [-0.1, -0.05) is 60.7 Å². The van der Waals surface area contributed by atoms with Crippen molar-refractivity contribution in [2.75, 3.05) is 26.4 Å². The van der Waals surface area contributed by atoms with Crippen LogP contribution < -0.4 is 18.9 Å². The zero-order chi connectivity index (χ0) is 31.8. The summed E-state index contributed by atoms with van der Waals surface area (Å²) < 4.78 is 33.9. The zero-order valence-corrected chi connectivity index (χ0v) is 25.9. The van der Waals surface area contributed by atoms with Crippen molar-refractivity contribution in [1.29, 1.82) is 0 Å². The third-order valence-corrected chi connectivity index (χ3v) is 7.69. The summed E-state index contributed by atoms with van der Waals surface area (Å²) in [5.74, 6) is 1.20. The van der Waals surface area contributed by atoms with Crippen LogP contribution in [0.15, 0.2) is 109 Å². The lowest BCUT2D eigenvalue weighted by atomic mass is 9.82. The Morgan fingerprint density at radius 1 is 0.457 bits per heavy atom. The van der Waals surface area contributed by atoms with Crippen LogP contribution in [0.1, 0.15) is 36.8 Å². The molecule has 1 fully saturated rings. The van der Waals surface area contributed by atoms with E-state index in [2.05, 4.69) is 0 Å². The quantitative estimate of drug-likeness (QED) is 0.0735. The van der Waals surface area contributed by atoms with Gasteiger partial charge in [-0.15, -0.1) is 0 Å². The van der Waals surface area contributed by atoms with Crippen LogP contribution in [0.25, 0.3) is 0 Å². The Kier molecular flexibility index (Phi) is 12.6.